The number of aliphatic hydroxyl groups excluding tert-OH is 1. The summed E-state index contributed by atoms with van der Waals surface area (Å²) in [5, 5.41) is 25.2. The number of methoxy groups -OCH3 is 1. The minimum absolute atomic E-state index is 0.0698. The van der Waals surface area contributed by atoms with E-state index in [0.717, 1.165) is 33.7 Å². The average Bonchev–Trinajstić information content (AvgIpc) is 3.88. The monoisotopic (exact) mass is 784 g/mol. The number of carbonyl (C=O) groups is 2. The number of aliphatic hydroxyl groups is 1. The lowest BCUT2D eigenvalue weighted by Gasteiger charge is -2.32. The fourth-order valence-corrected chi connectivity index (χ4v) is 11.6. The van der Waals surface area contributed by atoms with Crippen LogP contribution in [-0.2, 0) is 33.0 Å². The summed E-state index contributed by atoms with van der Waals surface area (Å²) in [4.78, 5) is 41.6. The molecule has 4 heterocycles. The molecule has 1 saturated heterocycles. The number of benzene rings is 4. The molecule has 12 nitrogen and oxygen atoms in total. The molecular weight excluding hydrogens is 737 g/mol. The topological polar surface area (TPSA) is 143 Å². The Balaban J connectivity index is 1.06. The highest BCUT2D eigenvalue weighted by Gasteiger charge is 2.66. The molecule has 2 N–H and O–H groups in total. The first-order chi connectivity index (χ1) is 27.5. The summed E-state index contributed by atoms with van der Waals surface area (Å²) in [6.07, 6.45) is 2.84. The van der Waals surface area contributed by atoms with E-state index >= 15 is 4.79 Å². The SMILES string of the molecule is COc1ccc2c(c1)[C@]1(O[C@@H](CCn3cc(C(CO)c4ccccc4)nn3)[C@H]([Si](C)(C)O)[C@H]1C)C(=O)N2Cc1ccc(N2N=C(c3ccccc3)CCC2=O)cc1. The Labute approximate surface area is 333 Å². The van der Waals surface area contributed by atoms with Crippen molar-refractivity contribution in [2.24, 2.45) is 11.0 Å². The van der Waals surface area contributed by atoms with Crippen molar-refractivity contribution in [3.63, 3.8) is 0 Å². The molecule has 1 spiro atoms. The zero-order valence-corrected chi connectivity index (χ0v) is 33.7. The van der Waals surface area contributed by atoms with E-state index in [1.807, 2.05) is 129 Å². The zero-order valence-electron chi connectivity index (χ0n) is 32.7. The summed E-state index contributed by atoms with van der Waals surface area (Å²) < 4.78 is 14.5. The Morgan fingerprint density at radius 2 is 1.68 bits per heavy atom. The molecule has 0 aliphatic carbocycles. The number of nitrogens with zero attached hydrogens (tertiary/aromatic N) is 6. The fourth-order valence-electron chi connectivity index (χ4n) is 9.02. The predicted octanol–water partition coefficient (Wildman–Crippen LogP) is 6.38. The summed E-state index contributed by atoms with van der Waals surface area (Å²) in [6.45, 7) is 6.46. The van der Waals surface area contributed by atoms with Gasteiger partial charge in [-0.1, -0.05) is 84.9 Å². The molecule has 5 aromatic rings. The van der Waals surface area contributed by atoms with Crippen LogP contribution in [0.3, 0.4) is 0 Å². The van der Waals surface area contributed by atoms with Gasteiger partial charge in [0, 0.05) is 42.6 Å². The van der Waals surface area contributed by atoms with E-state index in [1.165, 1.54) is 5.01 Å². The third kappa shape index (κ3) is 7.09. The quantitative estimate of drug-likeness (QED) is 0.139. The smallest absolute Gasteiger partial charge is 0.264 e. The first-order valence-electron chi connectivity index (χ1n) is 19.5. The molecule has 0 bridgehead atoms. The lowest BCUT2D eigenvalue weighted by molar-refractivity contribution is -0.146. The third-order valence-electron chi connectivity index (χ3n) is 11.8. The summed E-state index contributed by atoms with van der Waals surface area (Å²) in [6, 6.07) is 32.9. The fraction of sp³-hybridized carbons (Fsp3) is 0.341. The molecule has 0 radical (unpaired) electrons. The van der Waals surface area contributed by atoms with E-state index < -0.39 is 20.0 Å². The number of fused-ring (bicyclic) bond motifs is 2. The van der Waals surface area contributed by atoms with Gasteiger partial charge in [0.1, 0.15) is 5.75 Å². The first kappa shape index (κ1) is 38.4. The number of anilines is 2. The van der Waals surface area contributed by atoms with Crippen LogP contribution in [0.25, 0.3) is 0 Å². The highest BCUT2D eigenvalue weighted by atomic mass is 28.4. The minimum atomic E-state index is -2.92. The molecule has 4 aromatic carbocycles. The molecule has 2 amide bonds. The van der Waals surface area contributed by atoms with Gasteiger partial charge in [0.25, 0.3) is 5.91 Å². The molecule has 1 fully saturated rings. The van der Waals surface area contributed by atoms with Crippen LogP contribution in [0.5, 0.6) is 5.75 Å². The largest absolute Gasteiger partial charge is 0.497 e. The molecule has 8 rings (SSSR count). The van der Waals surface area contributed by atoms with Crippen LogP contribution >= 0.6 is 0 Å². The van der Waals surface area contributed by atoms with Gasteiger partial charge in [-0.3, -0.25) is 14.3 Å². The van der Waals surface area contributed by atoms with Gasteiger partial charge in [-0.25, -0.2) is 5.01 Å². The number of carbonyl (C=O) groups excluding carboxylic acids is 2. The van der Waals surface area contributed by atoms with Crippen LogP contribution in [0, 0.1) is 5.92 Å². The molecule has 3 aliphatic heterocycles. The number of hydrazone groups is 1. The van der Waals surface area contributed by atoms with Crippen LogP contribution in [0.1, 0.15) is 60.1 Å². The highest BCUT2D eigenvalue weighted by molar-refractivity contribution is 6.71. The number of ether oxygens (including phenoxy) is 2. The molecular formula is C44H48N6O6Si. The maximum Gasteiger partial charge on any atom is 0.264 e. The molecule has 13 heteroatoms. The van der Waals surface area contributed by atoms with E-state index in [0.29, 0.717) is 42.9 Å². The van der Waals surface area contributed by atoms with Crippen molar-refractivity contribution in [1.29, 1.82) is 0 Å². The van der Waals surface area contributed by atoms with Gasteiger partial charge in [0.15, 0.2) is 13.9 Å². The zero-order chi connectivity index (χ0) is 39.9. The van der Waals surface area contributed by atoms with Gasteiger partial charge >= 0.3 is 0 Å². The Bertz CT molecular complexity index is 2280. The Morgan fingerprint density at radius 1 is 0.965 bits per heavy atom. The van der Waals surface area contributed by atoms with Crippen LogP contribution in [0.15, 0.2) is 114 Å². The number of rotatable bonds is 12. The second-order valence-electron chi connectivity index (χ2n) is 15.8. The second-order valence-corrected chi connectivity index (χ2v) is 19.7. The van der Waals surface area contributed by atoms with Crippen molar-refractivity contribution >= 4 is 37.2 Å². The predicted molar refractivity (Wildman–Crippen MR) is 220 cm³/mol. The average molecular weight is 785 g/mol. The second kappa shape index (κ2) is 15.5. The lowest BCUT2D eigenvalue weighted by atomic mass is 9.82. The normalized spacial score (nSPS) is 22.6. The van der Waals surface area contributed by atoms with Crippen LogP contribution < -0.4 is 14.6 Å². The Morgan fingerprint density at radius 3 is 2.37 bits per heavy atom. The maximum absolute atomic E-state index is 15.0. The van der Waals surface area contributed by atoms with Crippen molar-refractivity contribution in [2.75, 3.05) is 23.6 Å². The number of amides is 2. The van der Waals surface area contributed by atoms with Gasteiger partial charge in [0.05, 0.1) is 55.1 Å². The maximum atomic E-state index is 15.0. The highest BCUT2D eigenvalue weighted by Crippen LogP contribution is 2.60. The lowest BCUT2D eigenvalue weighted by Crippen LogP contribution is -2.46. The van der Waals surface area contributed by atoms with E-state index in [1.54, 1.807) is 16.7 Å². The molecule has 1 unspecified atom stereocenters. The van der Waals surface area contributed by atoms with Gasteiger partial charge in [0.2, 0.25) is 5.91 Å². The van der Waals surface area contributed by atoms with Gasteiger partial charge in [-0.05, 0) is 66.5 Å². The third-order valence-corrected chi connectivity index (χ3v) is 14.3. The van der Waals surface area contributed by atoms with Crippen molar-refractivity contribution in [3.8, 4) is 5.75 Å². The van der Waals surface area contributed by atoms with Crippen molar-refractivity contribution in [1.82, 2.24) is 15.0 Å². The molecule has 1 aromatic heterocycles. The number of aromatic nitrogens is 3. The summed E-state index contributed by atoms with van der Waals surface area (Å²) >= 11 is 0. The van der Waals surface area contributed by atoms with Gasteiger partial charge < -0.3 is 24.3 Å². The first-order valence-corrected chi connectivity index (χ1v) is 22.6. The van der Waals surface area contributed by atoms with Gasteiger partial charge in [-0.2, -0.15) is 5.10 Å². The van der Waals surface area contributed by atoms with Crippen molar-refractivity contribution in [2.45, 2.75) is 75.5 Å². The van der Waals surface area contributed by atoms with Crippen LogP contribution in [0.2, 0.25) is 18.6 Å². The van der Waals surface area contributed by atoms with E-state index in [9.17, 15) is 14.7 Å². The van der Waals surface area contributed by atoms with Crippen LogP contribution in [0.4, 0.5) is 11.4 Å². The molecule has 0 saturated carbocycles. The van der Waals surface area contributed by atoms with E-state index in [4.69, 9.17) is 14.6 Å². The summed E-state index contributed by atoms with van der Waals surface area (Å²) in [7, 11) is -1.32. The Kier molecular flexibility index (Phi) is 10.4. The molecule has 294 valence electrons. The van der Waals surface area contributed by atoms with Crippen molar-refractivity contribution in [3.05, 3.63) is 137 Å². The molecule has 57 heavy (non-hydrogen) atoms. The van der Waals surface area contributed by atoms with Crippen molar-refractivity contribution < 1.29 is 29.0 Å². The number of hydrogen-bond acceptors (Lipinski definition) is 9. The summed E-state index contributed by atoms with van der Waals surface area (Å²) in [5.74, 6) is -0.310. The number of aryl methyl sites for hydroxylation is 1. The van der Waals surface area contributed by atoms with Gasteiger partial charge in [-0.15, -0.1) is 5.10 Å². The van der Waals surface area contributed by atoms with E-state index in [2.05, 4.69) is 10.3 Å². The Hall–Kier alpha value is -5.47. The minimum Gasteiger partial charge on any atom is -0.497 e. The van der Waals surface area contributed by atoms with Crippen LogP contribution in [-0.4, -0.2) is 70.6 Å². The van der Waals surface area contributed by atoms with E-state index in [-0.39, 0.29) is 42.3 Å². The molecule has 5 atom stereocenters. The summed E-state index contributed by atoms with van der Waals surface area (Å²) in [5.41, 5.74) is 4.83. The molecule has 3 aliphatic rings. The number of hydrogen-bond donors (Lipinski definition) is 2. The standard InChI is InChI=1S/C44H48N6O6Si/c1-29-42(57(3,4)54)40(23-24-48-27-38(45-47-48)35(28-51)31-11-7-5-8-12-31)56-44(29)36-25-34(55-2)19-21-39(36)49(43(44)53)26-30-15-17-33(18-16-30)50-41(52)22-20-37(46-50)32-13-9-6-10-14-32/h5-19,21,25,27,29,35,40,42,51,54H,20,22-24,26,28H2,1-4H3/t29-,35?,40+,42-,44+/m1/s1.